The molecule has 2 aromatic rings. The van der Waals surface area contributed by atoms with E-state index in [1.54, 1.807) is 0 Å². The third-order valence-corrected chi connectivity index (χ3v) is 5.47. The molecule has 0 amide bonds. The van der Waals surface area contributed by atoms with E-state index in [0.29, 0.717) is 0 Å². The van der Waals surface area contributed by atoms with Crippen LogP contribution >= 0.6 is 0 Å². The fourth-order valence-electron chi connectivity index (χ4n) is 3.66. The van der Waals surface area contributed by atoms with Crippen LogP contribution in [0, 0.1) is 6.92 Å². The zero-order chi connectivity index (χ0) is 20.4. The number of nitrogens with zero attached hydrogens (tertiary/aromatic N) is 7. The molecule has 156 valence electrons. The maximum absolute atomic E-state index is 5.45. The van der Waals surface area contributed by atoms with Gasteiger partial charge in [0.25, 0.3) is 0 Å². The van der Waals surface area contributed by atoms with Crippen molar-refractivity contribution in [2.24, 2.45) is 0 Å². The van der Waals surface area contributed by atoms with Crippen molar-refractivity contribution < 1.29 is 4.74 Å². The van der Waals surface area contributed by atoms with Gasteiger partial charge in [-0.25, -0.2) is 4.98 Å². The lowest BCUT2D eigenvalue weighted by Gasteiger charge is -2.36. The summed E-state index contributed by atoms with van der Waals surface area (Å²) in [6.45, 7) is 15.3. The summed E-state index contributed by atoms with van der Waals surface area (Å²) >= 11 is 0. The molecular formula is C21H31N7O. The van der Waals surface area contributed by atoms with Crippen LogP contribution in [0.2, 0.25) is 0 Å². The standard InChI is InChI=1S/C21H31N7O/c1-16-15-19(23-20(22-16)28-11-13-29-14-12-28)27-9-7-26(8-10-27)18-6-5-17(24-25-18)21(2,3)4/h5-6,15H,7-14H2,1-4H3. The molecule has 0 N–H and O–H groups in total. The molecule has 2 aliphatic rings. The number of hydrogen-bond donors (Lipinski definition) is 0. The summed E-state index contributed by atoms with van der Waals surface area (Å²) in [5, 5.41) is 8.90. The van der Waals surface area contributed by atoms with Crippen molar-refractivity contribution in [3.8, 4) is 0 Å². The molecule has 2 saturated heterocycles. The van der Waals surface area contributed by atoms with Crippen molar-refractivity contribution in [2.45, 2.75) is 33.1 Å². The smallest absolute Gasteiger partial charge is 0.227 e. The van der Waals surface area contributed by atoms with Gasteiger partial charge < -0.3 is 19.4 Å². The molecule has 2 aliphatic heterocycles. The molecule has 0 bridgehead atoms. The molecule has 0 spiro atoms. The number of aromatic nitrogens is 4. The van der Waals surface area contributed by atoms with Crippen LogP contribution in [0.3, 0.4) is 0 Å². The summed E-state index contributed by atoms with van der Waals surface area (Å²) < 4.78 is 5.45. The van der Waals surface area contributed by atoms with Crippen molar-refractivity contribution in [3.05, 3.63) is 29.6 Å². The second-order valence-corrected chi connectivity index (χ2v) is 8.77. The topological polar surface area (TPSA) is 70.5 Å². The highest BCUT2D eigenvalue weighted by atomic mass is 16.5. The summed E-state index contributed by atoms with van der Waals surface area (Å²) in [6.07, 6.45) is 0. The number of rotatable bonds is 3. The van der Waals surface area contributed by atoms with Crippen LogP contribution in [0.4, 0.5) is 17.6 Å². The van der Waals surface area contributed by atoms with E-state index in [2.05, 4.69) is 68.9 Å². The van der Waals surface area contributed by atoms with Crippen molar-refractivity contribution in [2.75, 3.05) is 67.2 Å². The van der Waals surface area contributed by atoms with Crippen molar-refractivity contribution in [1.82, 2.24) is 20.2 Å². The number of ether oxygens (including phenoxy) is 1. The van der Waals surface area contributed by atoms with Gasteiger partial charge in [-0.15, -0.1) is 5.10 Å². The van der Waals surface area contributed by atoms with Crippen LogP contribution in [0.1, 0.15) is 32.2 Å². The minimum Gasteiger partial charge on any atom is -0.378 e. The molecule has 8 heteroatoms. The van der Waals surface area contributed by atoms with Gasteiger partial charge in [-0.2, -0.15) is 10.1 Å². The first-order chi connectivity index (χ1) is 13.9. The largest absolute Gasteiger partial charge is 0.378 e. The quantitative estimate of drug-likeness (QED) is 0.779. The summed E-state index contributed by atoms with van der Waals surface area (Å²) in [4.78, 5) is 16.4. The first-order valence-electron chi connectivity index (χ1n) is 10.4. The molecule has 4 heterocycles. The average molecular weight is 398 g/mol. The molecule has 4 rings (SSSR count). The molecule has 2 fully saturated rings. The Hall–Kier alpha value is -2.48. The third-order valence-electron chi connectivity index (χ3n) is 5.47. The van der Waals surface area contributed by atoms with Crippen LogP contribution in [-0.2, 0) is 10.2 Å². The van der Waals surface area contributed by atoms with Crippen LogP contribution in [0.15, 0.2) is 18.2 Å². The van der Waals surface area contributed by atoms with E-state index in [4.69, 9.17) is 9.72 Å². The van der Waals surface area contributed by atoms with E-state index in [1.807, 2.05) is 6.92 Å². The van der Waals surface area contributed by atoms with Crippen LogP contribution < -0.4 is 14.7 Å². The van der Waals surface area contributed by atoms with Gasteiger partial charge in [-0.3, -0.25) is 0 Å². The zero-order valence-electron chi connectivity index (χ0n) is 17.9. The Balaban J connectivity index is 1.42. The fraction of sp³-hybridized carbons (Fsp3) is 0.619. The number of hydrogen-bond acceptors (Lipinski definition) is 8. The van der Waals surface area contributed by atoms with Gasteiger partial charge >= 0.3 is 0 Å². The van der Waals surface area contributed by atoms with Gasteiger partial charge in [0.2, 0.25) is 5.95 Å². The Morgan fingerprint density at radius 2 is 1.45 bits per heavy atom. The monoisotopic (exact) mass is 397 g/mol. The van der Waals surface area contributed by atoms with E-state index in [9.17, 15) is 0 Å². The maximum Gasteiger partial charge on any atom is 0.227 e. The normalized spacial score (nSPS) is 18.3. The summed E-state index contributed by atoms with van der Waals surface area (Å²) in [7, 11) is 0. The minimum atomic E-state index is 0.0211. The van der Waals surface area contributed by atoms with Gasteiger partial charge in [0.1, 0.15) is 5.82 Å². The second kappa shape index (κ2) is 8.10. The Labute approximate surface area is 172 Å². The molecule has 0 aromatic carbocycles. The van der Waals surface area contributed by atoms with Crippen molar-refractivity contribution in [3.63, 3.8) is 0 Å². The fourth-order valence-corrected chi connectivity index (χ4v) is 3.66. The maximum atomic E-state index is 5.45. The van der Waals surface area contributed by atoms with Gasteiger partial charge in [-0.1, -0.05) is 20.8 Å². The molecule has 0 radical (unpaired) electrons. The summed E-state index contributed by atoms with van der Waals surface area (Å²) in [5.74, 6) is 2.77. The molecule has 0 unspecified atom stereocenters. The Morgan fingerprint density at radius 1 is 0.793 bits per heavy atom. The van der Waals surface area contributed by atoms with Crippen LogP contribution in [-0.4, -0.2) is 72.6 Å². The first kappa shape index (κ1) is 19.8. The molecule has 2 aromatic heterocycles. The molecule has 29 heavy (non-hydrogen) atoms. The first-order valence-corrected chi connectivity index (χ1v) is 10.4. The lowest BCUT2D eigenvalue weighted by molar-refractivity contribution is 0.122. The van der Waals surface area contributed by atoms with Crippen molar-refractivity contribution >= 4 is 17.6 Å². The summed E-state index contributed by atoms with van der Waals surface area (Å²) in [5.41, 5.74) is 2.04. The minimum absolute atomic E-state index is 0.0211. The van der Waals surface area contributed by atoms with E-state index in [0.717, 1.165) is 81.5 Å². The van der Waals surface area contributed by atoms with Gasteiger partial charge in [0, 0.05) is 56.4 Å². The van der Waals surface area contributed by atoms with Gasteiger partial charge in [-0.05, 0) is 19.1 Å². The van der Waals surface area contributed by atoms with E-state index < -0.39 is 0 Å². The van der Waals surface area contributed by atoms with Crippen molar-refractivity contribution in [1.29, 1.82) is 0 Å². The van der Waals surface area contributed by atoms with Gasteiger partial charge in [0.15, 0.2) is 5.82 Å². The highest BCUT2D eigenvalue weighted by Gasteiger charge is 2.23. The molecule has 0 atom stereocenters. The Bertz CT molecular complexity index is 820. The molecular weight excluding hydrogens is 366 g/mol. The van der Waals surface area contributed by atoms with E-state index >= 15 is 0 Å². The van der Waals surface area contributed by atoms with E-state index in [-0.39, 0.29) is 5.41 Å². The zero-order valence-corrected chi connectivity index (χ0v) is 17.9. The van der Waals surface area contributed by atoms with Gasteiger partial charge in [0.05, 0.1) is 18.9 Å². The Kier molecular flexibility index (Phi) is 5.54. The number of anilines is 3. The number of piperazine rings is 1. The van der Waals surface area contributed by atoms with Crippen LogP contribution in [0.25, 0.3) is 0 Å². The molecule has 0 aliphatic carbocycles. The second-order valence-electron chi connectivity index (χ2n) is 8.77. The molecule has 0 saturated carbocycles. The van der Waals surface area contributed by atoms with Crippen LogP contribution in [0.5, 0.6) is 0 Å². The SMILES string of the molecule is Cc1cc(N2CCN(c3ccc(C(C)(C)C)nn3)CC2)nc(N2CCOCC2)n1. The highest BCUT2D eigenvalue weighted by Crippen LogP contribution is 2.23. The Morgan fingerprint density at radius 3 is 2.03 bits per heavy atom. The van der Waals surface area contributed by atoms with E-state index in [1.165, 1.54) is 0 Å². The highest BCUT2D eigenvalue weighted by molar-refractivity contribution is 5.48. The number of aryl methyl sites for hydroxylation is 1. The predicted molar refractivity (Wildman–Crippen MR) is 115 cm³/mol. The summed E-state index contributed by atoms with van der Waals surface area (Å²) in [6, 6.07) is 6.27. The predicted octanol–water partition coefficient (Wildman–Crippen LogP) is 2.04. The third kappa shape index (κ3) is 4.58. The lowest BCUT2D eigenvalue weighted by atomic mass is 9.92. The lowest BCUT2D eigenvalue weighted by Crippen LogP contribution is -2.47. The number of morpholine rings is 1. The molecule has 8 nitrogen and oxygen atoms in total. The average Bonchev–Trinajstić information content (AvgIpc) is 2.73.